The molecule has 0 saturated carbocycles. The summed E-state index contributed by atoms with van der Waals surface area (Å²) in [6.45, 7) is 5.12. The highest BCUT2D eigenvalue weighted by Gasteiger charge is 1.98. The SMILES string of the molecule is CCOC(=N)CCCCCCCCCCCCCCCCC(=N)OCC. The molecule has 0 aromatic carbocycles. The molecule has 0 heterocycles. The average molecular weight is 369 g/mol. The van der Waals surface area contributed by atoms with E-state index in [0.29, 0.717) is 25.0 Å². The van der Waals surface area contributed by atoms with E-state index < -0.39 is 0 Å². The van der Waals surface area contributed by atoms with E-state index in [-0.39, 0.29) is 0 Å². The summed E-state index contributed by atoms with van der Waals surface area (Å²) >= 11 is 0. The summed E-state index contributed by atoms with van der Waals surface area (Å²) in [7, 11) is 0. The summed E-state index contributed by atoms with van der Waals surface area (Å²) in [4.78, 5) is 0. The third kappa shape index (κ3) is 19.3. The average Bonchev–Trinajstić information content (AvgIpc) is 2.61. The first-order valence-corrected chi connectivity index (χ1v) is 11.1. The van der Waals surface area contributed by atoms with Crippen molar-refractivity contribution in [3.63, 3.8) is 0 Å². The smallest absolute Gasteiger partial charge is 0.180 e. The molecular weight excluding hydrogens is 324 g/mol. The number of ether oxygens (including phenoxy) is 2. The van der Waals surface area contributed by atoms with Gasteiger partial charge in [0.1, 0.15) is 0 Å². The van der Waals surface area contributed by atoms with Crippen LogP contribution in [-0.4, -0.2) is 25.0 Å². The van der Waals surface area contributed by atoms with Gasteiger partial charge < -0.3 is 9.47 Å². The Kier molecular flexibility index (Phi) is 19.4. The highest BCUT2D eigenvalue weighted by molar-refractivity contribution is 5.72. The highest BCUT2D eigenvalue weighted by Crippen LogP contribution is 2.14. The standard InChI is InChI=1S/C22H44N2O2/c1-3-25-21(23)19-17-15-13-11-9-7-5-6-8-10-12-14-16-18-20-22(24)26-4-2/h23-24H,3-20H2,1-2H3. The number of hydrogen-bond donors (Lipinski definition) is 2. The second kappa shape index (κ2) is 20.3. The number of unbranched alkanes of at least 4 members (excludes halogenated alkanes) is 13. The van der Waals surface area contributed by atoms with E-state index in [9.17, 15) is 0 Å². The van der Waals surface area contributed by atoms with Crippen LogP contribution in [0.3, 0.4) is 0 Å². The minimum atomic E-state index is 0.456. The molecule has 0 amide bonds. The van der Waals surface area contributed by atoms with Gasteiger partial charge in [-0.05, 0) is 26.7 Å². The summed E-state index contributed by atoms with van der Waals surface area (Å²) in [5, 5.41) is 15.1. The molecular formula is C22H44N2O2. The lowest BCUT2D eigenvalue weighted by molar-refractivity contribution is 0.312. The topological polar surface area (TPSA) is 66.2 Å². The molecule has 0 aromatic heterocycles. The van der Waals surface area contributed by atoms with Crippen LogP contribution in [0.4, 0.5) is 0 Å². The molecule has 4 heteroatoms. The molecule has 4 nitrogen and oxygen atoms in total. The van der Waals surface area contributed by atoms with Crippen molar-refractivity contribution in [1.82, 2.24) is 0 Å². The molecule has 0 rings (SSSR count). The fourth-order valence-electron chi connectivity index (χ4n) is 3.19. The largest absolute Gasteiger partial charge is 0.481 e. The lowest BCUT2D eigenvalue weighted by Crippen LogP contribution is -2.02. The van der Waals surface area contributed by atoms with Gasteiger partial charge in [0.05, 0.1) is 13.2 Å². The Hall–Kier alpha value is -1.06. The van der Waals surface area contributed by atoms with Crippen LogP contribution >= 0.6 is 0 Å². The molecule has 0 aromatic rings. The van der Waals surface area contributed by atoms with Crippen molar-refractivity contribution in [3.05, 3.63) is 0 Å². The van der Waals surface area contributed by atoms with Crippen LogP contribution in [0.1, 0.15) is 117 Å². The summed E-state index contributed by atoms with van der Waals surface area (Å²) in [5.41, 5.74) is 0. The first-order chi connectivity index (χ1) is 12.7. The third-order valence-corrected chi connectivity index (χ3v) is 4.69. The van der Waals surface area contributed by atoms with E-state index in [2.05, 4.69) is 0 Å². The van der Waals surface area contributed by atoms with E-state index in [1.807, 2.05) is 13.8 Å². The Labute approximate surface area is 162 Å². The Morgan fingerprint density at radius 3 is 0.923 bits per heavy atom. The van der Waals surface area contributed by atoms with Gasteiger partial charge in [-0.1, -0.05) is 77.0 Å². The Morgan fingerprint density at radius 1 is 0.462 bits per heavy atom. The van der Waals surface area contributed by atoms with Gasteiger partial charge in [0, 0.05) is 12.8 Å². The molecule has 0 aliphatic rings. The van der Waals surface area contributed by atoms with Crippen LogP contribution in [0.25, 0.3) is 0 Å². The second-order valence-electron chi connectivity index (χ2n) is 7.16. The molecule has 26 heavy (non-hydrogen) atoms. The van der Waals surface area contributed by atoms with Crippen LogP contribution in [0.15, 0.2) is 0 Å². The van der Waals surface area contributed by atoms with Gasteiger partial charge >= 0.3 is 0 Å². The van der Waals surface area contributed by atoms with Gasteiger partial charge in [-0.25, -0.2) is 0 Å². The number of hydrogen-bond acceptors (Lipinski definition) is 4. The van der Waals surface area contributed by atoms with Gasteiger partial charge in [0.2, 0.25) is 0 Å². The molecule has 0 unspecified atom stereocenters. The Balaban J connectivity index is 3.09. The quantitative estimate of drug-likeness (QED) is 0.143. The predicted octanol–water partition coefficient (Wildman–Crippen LogP) is 7.26. The van der Waals surface area contributed by atoms with Crippen LogP contribution < -0.4 is 0 Å². The van der Waals surface area contributed by atoms with Crippen molar-refractivity contribution in [2.24, 2.45) is 0 Å². The van der Waals surface area contributed by atoms with E-state index in [0.717, 1.165) is 25.7 Å². The lowest BCUT2D eigenvalue weighted by Gasteiger charge is -2.05. The zero-order valence-electron chi connectivity index (χ0n) is 17.5. The first-order valence-electron chi connectivity index (χ1n) is 11.1. The summed E-state index contributed by atoms with van der Waals surface area (Å²) in [6, 6.07) is 0. The third-order valence-electron chi connectivity index (χ3n) is 4.69. The van der Waals surface area contributed by atoms with Crippen molar-refractivity contribution >= 4 is 11.8 Å². The van der Waals surface area contributed by atoms with Crippen LogP contribution in [0.2, 0.25) is 0 Å². The van der Waals surface area contributed by atoms with Gasteiger partial charge in [-0.2, -0.15) is 0 Å². The van der Waals surface area contributed by atoms with Crippen molar-refractivity contribution in [2.45, 2.75) is 117 Å². The normalized spacial score (nSPS) is 10.7. The summed E-state index contributed by atoms with van der Waals surface area (Å²) in [5.74, 6) is 0.912. The summed E-state index contributed by atoms with van der Waals surface area (Å²) < 4.78 is 10.3. The fraction of sp³-hybridized carbons (Fsp3) is 0.909. The molecule has 2 N–H and O–H groups in total. The molecule has 0 aliphatic heterocycles. The van der Waals surface area contributed by atoms with E-state index in [1.54, 1.807) is 0 Å². The van der Waals surface area contributed by atoms with Gasteiger partial charge in [-0.3, -0.25) is 10.8 Å². The minimum Gasteiger partial charge on any atom is -0.481 e. The fourth-order valence-corrected chi connectivity index (χ4v) is 3.19. The Morgan fingerprint density at radius 2 is 0.692 bits per heavy atom. The lowest BCUT2D eigenvalue weighted by atomic mass is 10.0. The predicted molar refractivity (Wildman–Crippen MR) is 113 cm³/mol. The zero-order valence-corrected chi connectivity index (χ0v) is 17.5. The maximum atomic E-state index is 7.56. The number of nitrogens with one attached hydrogen (secondary N) is 2. The minimum absolute atomic E-state index is 0.456. The van der Waals surface area contributed by atoms with Gasteiger partial charge in [0.15, 0.2) is 11.8 Å². The van der Waals surface area contributed by atoms with Crippen molar-refractivity contribution in [2.75, 3.05) is 13.2 Å². The van der Waals surface area contributed by atoms with E-state index in [4.69, 9.17) is 20.3 Å². The zero-order chi connectivity index (χ0) is 19.3. The monoisotopic (exact) mass is 368 g/mol. The molecule has 0 atom stereocenters. The van der Waals surface area contributed by atoms with Gasteiger partial charge in [0.25, 0.3) is 0 Å². The molecule has 154 valence electrons. The van der Waals surface area contributed by atoms with E-state index >= 15 is 0 Å². The van der Waals surface area contributed by atoms with Gasteiger partial charge in [-0.15, -0.1) is 0 Å². The molecule has 0 spiro atoms. The van der Waals surface area contributed by atoms with Crippen molar-refractivity contribution in [1.29, 1.82) is 10.8 Å². The van der Waals surface area contributed by atoms with Crippen LogP contribution in [0.5, 0.6) is 0 Å². The molecule has 0 radical (unpaired) electrons. The maximum Gasteiger partial charge on any atom is 0.180 e. The van der Waals surface area contributed by atoms with E-state index in [1.165, 1.54) is 77.0 Å². The number of rotatable bonds is 19. The molecule has 0 saturated heterocycles. The van der Waals surface area contributed by atoms with Crippen molar-refractivity contribution < 1.29 is 9.47 Å². The van der Waals surface area contributed by atoms with Crippen molar-refractivity contribution in [3.8, 4) is 0 Å². The van der Waals surface area contributed by atoms with Crippen LogP contribution in [-0.2, 0) is 9.47 Å². The molecule has 0 bridgehead atoms. The molecule has 0 fully saturated rings. The summed E-state index contributed by atoms with van der Waals surface area (Å²) in [6.07, 6.45) is 19.9. The Bertz CT molecular complexity index is 300. The first kappa shape index (κ1) is 24.9. The van der Waals surface area contributed by atoms with Crippen LogP contribution in [0, 0.1) is 10.8 Å². The molecule has 0 aliphatic carbocycles. The highest BCUT2D eigenvalue weighted by atomic mass is 16.5. The second-order valence-corrected chi connectivity index (χ2v) is 7.16. The maximum absolute atomic E-state index is 7.56.